The highest BCUT2D eigenvalue weighted by atomic mass is 16.3. The highest BCUT2D eigenvalue weighted by Gasteiger charge is 2.13. The van der Waals surface area contributed by atoms with Crippen LogP contribution in [0.5, 0.6) is 5.75 Å². The summed E-state index contributed by atoms with van der Waals surface area (Å²) in [4.78, 5) is 0. The number of rotatable bonds is 2. The minimum Gasteiger partial charge on any atom is -0.508 e. The molecule has 3 aromatic rings. The molecule has 3 aromatic carbocycles. The van der Waals surface area contributed by atoms with E-state index in [4.69, 9.17) is 7.97 Å². The van der Waals surface area contributed by atoms with Crippen LogP contribution in [-0.2, 0) is 0 Å². The molecule has 0 saturated carbocycles. The molecule has 0 unspecified atom stereocenters. The van der Waals surface area contributed by atoms with Crippen LogP contribution in [0.4, 0.5) is 0 Å². The molecule has 0 fully saturated rings. The Hall–Kier alpha value is -2.74. The summed E-state index contributed by atoms with van der Waals surface area (Å²) >= 11 is 0. The Labute approximate surface area is 118 Å². The lowest BCUT2D eigenvalue weighted by Gasteiger charge is -2.11. The summed E-state index contributed by atoms with van der Waals surface area (Å²) in [6.07, 6.45) is 7.19. The number of fused-ring (bicyclic) bond motifs is 2. The summed E-state index contributed by atoms with van der Waals surface area (Å²) in [7, 11) is 0. The van der Waals surface area contributed by atoms with Gasteiger partial charge in [-0.1, -0.05) is 36.4 Å². The number of aliphatic hydroxyl groups excluding tert-OH is 1. The van der Waals surface area contributed by atoms with Gasteiger partial charge >= 0.3 is 0 Å². The summed E-state index contributed by atoms with van der Waals surface area (Å²) in [5.41, 5.74) is 0.824. The number of hydrogen-bond donors (Lipinski definition) is 2. The van der Waals surface area contributed by atoms with Crippen LogP contribution in [0.2, 0.25) is 0 Å². The topological polar surface area (TPSA) is 40.5 Å². The molecule has 0 radical (unpaired) electrons. The fourth-order valence-electron chi connectivity index (χ4n) is 2.90. The van der Waals surface area contributed by atoms with E-state index in [1.807, 2.05) is 30.4 Å². The van der Waals surface area contributed by atoms with Gasteiger partial charge in [-0.2, -0.15) is 0 Å². The van der Waals surface area contributed by atoms with Crippen molar-refractivity contribution in [3.05, 3.63) is 65.1 Å². The molecule has 1 aliphatic carbocycles. The maximum absolute atomic E-state index is 7.49. The monoisotopic (exact) mass is 262 g/mol. The van der Waals surface area contributed by atoms with E-state index in [1.165, 1.54) is 0 Å². The molecule has 0 saturated heterocycles. The fourth-order valence-corrected chi connectivity index (χ4v) is 2.90. The first kappa shape index (κ1) is 9.21. The number of aromatic hydroxyl groups is 1. The van der Waals surface area contributed by atoms with Crippen LogP contribution >= 0.6 is 0 Å². The Morgan fingerprint density at radius 1 is 0.850 bits per heavy atom. The van der Waals surface area contributed by atoms with Crippen molar-refractivity contribution in [2.75, 3.05) is 0 Å². The van der Waals surface area contributed by atoms with Gasteiger partial charge in [0.2, 0.25) is 0 Å². The Morgan fingerprint density at radius 2 is 1.70 bits per heavy atom. The van der Waals surface area contributed by atoms with E-state index in [1.54, 1.807) is 12.2 Å². The Morgan fingerprint density at radius 3 is 2.50 bits per heavy atom. The quantitative estimate of drug-likeness (QED) is 0.739. The Kier molecular flexibility index (Phi) is 1.78. The minimum absolute atomic E-state index is 0.440. The average molecular weight is 262 g/mol. The van der Waals surface area contributed by atoms with Gasteiger partial charge in [-0.25, -0.2) is 0 Å². The number of benzene rings is 3. The summed E-state index contributed by atoms with van der Waals surface area (Å²) in [6, 6.07) is 12.1. The number of aliphatic hydroxyl groups is 1. The standard InChI is InChI=1S/C18H12O2/c19-12-7-9-13-14-5-1-3-11-4-2-6-16(17(11)14)18(20)15(13)10-8-12/h1-10,19-20H/i/hD2. The highest BCUT2D eigenvalue weighted by molar-refractivity contribution is 6.14. The first-order valence-electron chi connectivity index (χ1n) is 7.28. The van der Waals surface area contributed by atoms with E-state index in [9.17, 15) is 0 Å². The van der Waals surface area contributed by atoms with Gasteiger partial charge < -0.3 is 10.2 Å². The van der Waals surface area contributed by atoms with Gasteiger partial charge in [-0.15, -0.1) is 0 Å². The first-order chi connectivity index (χ1) is 10.8. The molecular weight excluding hydrogens is 248 g/mol. The van der Waals surface area contributed by atoms with E-state index in [2.05, 4.69) is 23.3 Å². The molecule has 0 aliphatic heterocycles. The van der Waals surface area contributed by atoms with E-state index in [-0.39, 0.29) is 0 Å². The summed E-state index contributed by atoms with van der Waals surface area (Å²) in [5.74, 6) is 0.960. The molecule has 2 N–H and O–H groups in total. The normalized spacial score (nSPS) is 14.9. The number of allylic oxidation sites excluding steroid dienone is 2. The van der Waals surface area contributed by atoms with Crippen molar-refractivity contribution in [1.82, 2.24) is 0 Å². The molecule has 20 heavy (non-hydrogen) atoms. The van der Waals surface area contributed by atoms with Crippen LogP contribution in [0.25, 0.3) is 35.1 Å². The van der Waals surface area contributed by atoms with Gasteiger partial charge in [-0.05, 0) is 40.3 Å². The van der Waals surface area contributed by atoms with Crippen LogP contribution in [0.3, 0.4) is 0 Å². The third kappa shape index (κ3) is 1.39. The van der Waals surface area contributed by atoms with Crippen LogP contribution in [0.15, 0.2) is 54.3 Å². The maximum Gasteiger partial charge on any atom is 0.293 e. The second kappa shape index (κ2) is 3.87. The van der Waals surface area contributed by atoms with Gasteiger partial charge in [-0.3, -0.25) is 0 Å². The van der Waals surface area contributed by atoms with Crippen molar-refractivity contribution >= 4 is 33.7 Å². The third-order valence-corrected chi connectivity index (χ3v) is 3.80. The van der Waals surface area contributed by atoms with Crippen molar-refractivity contribution in [2.24, 2.45) is 0 Å². The maximum atomic E-state index is 7.49. The second-order valence-electron chi connectivity index (χ2n) is 4.93. The van der Waals surface area contributed by atoms with Gasteiger partial charge in [0, 0.05) is 16.3 Å². The number of phenols is 1. The van der Waals surface area contributed by atoms with Crippen molar-refractivity contribution in [3.63, 3.8) is 0 Å². The van der Waals surface area contributed by atoms with Crippen molar-refractivity contribution < 1.29 is 10.2 Å². The lowest BCUT2D eigenvalue weighted by Crippen LogP contribution is -2.07. The van der Waals surface area contributed by atoms with E-state index < -0.39 is 0 Å². The molecule has 0 atom stereocenters. The lowest BCUT2D eigenvalue weighted by atomic mass is 9.94. The van der Waals surface area contributed by atoms with Crippen molar-refractivity contribution in [1.29, 1.82) is 2.86 Å². The zero-order valence-corrected chi connectivity index (χ0v) is 10.6. The molecule has 2 nitrogen and oxygen atoms in total. The summed E-state index contributed by atoms with van der Waals surface area (Å²) in [6.45, 7) is 0. The SMILES string of the molecule is [2H]OC1=CC=c2c(c(O[2H])c3cccc4cccc2c43)C=C1. The third-order valence-electron chi connectivity index (χ3n) is 3.80. The molecule has 0 bridgehead atoms. The van der Waals surface area contributed by atoms with Gasteiger partial charge in [0.05, 0.1) is 0 Å². The number of phenolic OH excluding ortho intramolecular Hbond substituents is 1. The molecule has 0 heterocycles. The number of hydrogen-bond acceptors (Lipinski definition) is 2. The molecule has 0 aromatic heterocycles. The smallest absolute Gasteiger partial charge is 0.293 e. The largest absolute Gasteiger partial charge is 0.508 e. The van der Waals surface area contributed by atoms with Crippen molar-refractivity contribution in [3.8, 4) is 5.75 Å². The predicted octanol–water partition coefficient (Wildman–Crippen LogP) is 3.67. The van der Waals surface area contributed by atoms with Crippen LogP contribution < -0.4 is 5.22 Å². The predicted molar refractivity (Wildman–Crippen MR) is 82.5 cm³/mol. The lowest BCUT2D eigenvalue weighted by molar-refractivity contribution is 0.434. The molecule has 1 aliphatic rings. The highest BCUT2D eigenvalue weighted by Crippen LogP contribution is 2.34. The van der Waals surface area contributed by atoms with E-state index >= 15 is 0 Å². The Bertz CT molecular complexity index is 998. The van der Waals surface area contributed by atoms with Crippen LogP contribution in [0.1, 0.15) is 5.56 Å². The minimum atomic E-state index is 0.440. The fraction of sp³-hybridized carbons (Fsp3) is 0. The average Bonchev–Trinajstić information content (AvgIpc) is 2.78. The molecule has 0 amide bonds. The second-order valence-corrected chi connectivity index (χ2v) is 4.93. The summed E-state index contributed by atoms with van der Waals surface area (Å²) < 4.78 is 14.5. The van der Waals surface area contributed by atoms with E-state index in [0.29, 0.717) is 11.5 Å². The first-order valence-corrected chi connectivity index (χ1v) is 6.47. The molecule has 4 rings (SSSR count). The van der Waals surface area contributed by atoms with Gasteiger partial charge in [0.1, 0.15) is 11.5 Å². The summed E-state index contributed by atoms with van der Waals surface area (Å²) in [5, 5.41) is 14.7. The zero-order valence-electron chi connectivity index (χ0n) is 12.6. The van der Waals surface area contributed by atoms with E-state index in [0.717, 1.165) is 32.3 Å². The Balaban J connectivity index is 2.27. The molecule has 0 spiro atoms. The molecule has 2 heteroatoms. The van der Waals surface area contributed by atoms with Crippen LogP contribution in [-0.4, -0.2) is 11.6 Å². The van der Waals surface area contributed by atoms with Crippen LogP contribution in [0, 0.1) is 0 Å². The van der Waals surface area contributed by atoms with Gasteiger partial charge in [0.15, 0.2) is 0 Å². The van der Waals surface area contributed by atoms with Crippen molar-refractivity contribution in [2.45, 2.75) is 0 Å². The zero-order chi connectivity index (χ0) is 15.1. The molecular formula is C18H12O2. The van der Waals surface area contributed by atoms with Gasteiger partial charge in [0.25, 0.3) is 2.86 Å². The molecule has 96 valence electrons.